The number of nitrogens with two attached hydrogens (primary N) is 1. The lowest BCUT2D eigenvalue weighted by molar-refractivity contribution is 0.0560. The third-order valence-electron chi connectivity index (χ3n) is 2.76. The van der Waals surface area contributed by atoms with Crippen LogP contribution in [0.25, 0.3) is 0 Å². The average molecular weight is 394 g/mol. The quantitative estimate of drug-likeness (QED) is 0.310. The molecule has 0 aliphatic heterocycles. The molecule has 0 aromatic heterocycles. The number of rotatable bonds is 4. The smallest absolute Gasteiger partial charge is 0.437 e. The molecule has 0 unspecified atom stereocenters. The SMILES string of the molecule is CC(C)(C)OC(=O)/N=C(\NCCOc1ccc(N)cc1)NC(=O)OC(C)(C)C. The standard InChI is InChI=1S/C19H30N4O5/c1-18(2,3)27-16(24)22-15(23-17(25)28-19(4,5)6)21-11-12-26-14-9-7-13(20)8-10-14/h7-10H,11-12,20H2,1-6H3,(H2,21,22,23,24,25). The van der Waals surface area contributed by atoms with Crippen molar-refractivity contribution in [2.75, 3.05) is 18.9 Å². The fourth-order valence-corrected chi connectivity index (χ4v) is 1.79. The van der Waals surface area contributed by atoms with E-state index in [1.54, 1.807) is 65.8 Å². The molecule has 1 rings (SSSR count). The van der Waals surface area contributed by atoms with Crippen LogP contribution in [-0.4, -0.2) is 42.5 Å². The van der Waals surface area contributed by atoms with E-state index in [0.29, 0.717) is 11.4 Å². The Bertz CT molecular complexity index is 688. The monoisotopic (exact) mass is 394 g/mol. The highest BCUT2D eigenvalue weighted by molar-refractivity contribution is 5.98. The van der Waals surface area contributed by atoms with Crippen LogP contribution in [0.15, 0.2) is 29.3 Å². The third-order valence-corrected chi connectivity index (χ3v) is 2.76. The molecule has 0 aliphatic rings. The number of nitrogens with zero attached hydrogens (tertiary/aromatic N) is 1. The molecule has 0 bridgehead atoms. The summed E-state index contributed by atoms with van der Waals surface area (Å²) in [6.45, 7) is 10.9. The second-order valence-corrected chi connectivity index (χ2v) is 7.91. The van der Waals surface area contributed by atoms with Crippen molar-refractivity contribution < 1.29 is 23.8 Å². The summed E-state index contributed by atoms with van der Waals surface area (Å²) in [7, 11) is 0. The van der Waals surface area contributed by atoms with E-state index in [2.05, 4.69) is 15.6 Å². The summed E-state index contributed by atoms with van der Waals surface area (Å²) >= 11 is 0. The number of hydrogen-bond acceptors (Lipinski definition) is 6. The molecule has 9 heteroatoms. The van der Waals surface area contributed by atoms with Crippen molar-refractivity contribution in [2.24, 2.45) is 4.99 Å². The first-order chi connectivity index (χ1) is 12.8. The van der Waals surface area contributed by atoms with Gasteiger partial charge in [-0.05, 0) is 65.8 Å². The molecule has 1 aromatic rings. The summed E-state index contributed by atoms with van der Waals surface area (Å²) in [4.78, 5) is 27.7. The van der Waals surface area contributed by atoms with E-state index < -0.39 is 23.4 Å². The number of ether oxygens (including phenoxy) is 3. The third kappa shape index (κ3) is 10.9. The minimum Gasteiger partial charge on any atom is -0.492 e. The number of nitrogen functional groups attached to an aromatic ring is 1. The second kappa shape index (κ2) is 9.82. The van der Waals surface area contributed by atoms with Crippen LogP contribution < -0.4 is 21.1 Å². The average Bonchev–Trinajstić information content (AvgIpc) is 2.49. The first kappa shape index (κ1) is 23.1. The predicted molar refractivity (Wildman–Crippen MR) is 107 cm³/mol. The molecular formula is C19H30N4O5. The van der Waals surface area contributed by atoms with Gasteiger partial charge in [-0.3, -0.25) is 5.32 Å². The Hall–Kier alpha value is -2.97. The second-order valence-electron chi connectivity index (χ2n) is 7.91. The van der Waals surface area contributed by atoms with Gasteiger partial charge in [0.05, 0.1) is 6.54 Å². The molecule has 0 atom stereocenters. The number of carbonyl (C=O) groups is 2. The number of benzene rings is 1. The van der Waals surface area contributed by atoms with Gasteiger partial charge in [-0.2, -0.15) is 0 Å². The van der Waals surface area contributed by atoms with Crippen LogP contribution in [0.1, 0.15) is 41.5 Å². The number of aliphatic imine (C=N–C) groups is 1. The van der Waals surface area contributed by atoms with Crippen LogP contribution >= 0.6 is 0 Å². The van der Waals surface area contributed by atoms with E-state index in [0.717, 1.165) is 0 Å². The highest BCUT2D eigenvalue weighted by Crippen LogP contribution is 2.12. The van der Waals surface area contributed by atoms with Crippen molar-refractivity contribution in [2.45, 2.75) is 52.7 Å². The van der Waals surface area contributed by atoms with E-state index in [1.165, 1.54) is 0 Å². The predicted octanol–water partition coefficient (Wildman–Crippen LogP) is 3.05. The Morgan fingerprint density at radius 3 is 2.11 bits per heavy atom. The molecular weight excluding hydrogens is 364 g/mol. The van der Waals surface area contributed by atoms with Crippen LogP contribution in [0.3, 0.4) is 0 Å². The zero-order valence-electron chi connectivity index (χ0n) is 17.3. The zero-order chi connectivity index (χ0) is 21.4. The van der Waals surface area contributed by atoms with E-state index in [4.69, 9.17) is 19.9 Å². The van der Waals surface area contributed by atoms with Crippen LogP contribution in [0.2, 0.25) is 0 Å². The maximum atomic E-state index is 12.0. The Morgan fingerprint density at radius 2 is 1.57 bits per heavy atom. The summed E-state index contributed by atoms with van der Waals surface area (Å²) in [6, 6.07) is 6.93. The Kier molecular flexibility index (Phi) is 8.09. The first-order valence-electron chi connectivity index (χ1n) is 8.88. The van der Waals surface area contributed by atoms with Gasteiger partial charge in [-0.15, -0.1) is 4.99 Å². The fourth-order valence-electron chi connectivity index (χ4n) is 1.79. The summed E-state index contributed by atoms with van der Waals surface area (Å²) in [6.07, 6.45) is -1.59. The van der Waals surface area contributed by atoms with Gasteiger partial charge >= 0.3 is 12.2 Å². The van der Waals surface area contributed by atoms with Crippen molar-refractivity contribution in [1.29, 1.82) is 0 Å². The highest BCUT2D eigenvalue weighted by Gasteiger charge is 2.20. The maximum Gasteiger partial charge on any atom is 0.437 e. The maximum absolute atomic E-state index is 12.0. The minimum atomic E-state index is -0.842. The Morgan fingerprint density at radius 1 is 1.00 bits per heavy atom. The molecule has 2 amide bonds. The molecule has 9 nitrogen and oxygen atoms in total. The number of alkyl carbamates (subject to hydrolysis) is 1. The number of guanidine groups is 1. The van der Waals surface area contributed by atoms with Crippen molar-refractivity contribution in [3.63, 3.8) is 0 Å². The van der Waals surface area contributed by atoms with Gasteiger partial charge in [-0.1, -0.05) is 0 Å². The number of amides is 2. The lowest BCUT2D eigenvalue weighted by Gasteiger charge is -2.21. The normalized spacial score (nSPS) is 12.1. The van der Waals surface area contributed by atoms with Crippen LogP contribution in [0, 0.1) is 0 Å². The Balaban J connectivity index is 2.66. The van der Waals surface area contributed by atoms with E-state index >= 15 is 0 Å². The van der Waals surface area contributed by atoms with E-state index in [9.17, 15) is 9.59 Å². The van der Waals surface area contributed by atoms with Crippen molar-refractivity contribution in [1.82, 2.24) is 10.6 Å². The highest BCUT2D eigenvalue weighted by atomic mass is 16.6. The van der Waals surface area contributed by atoms with Gasteiger partial charge in [-0.25, -0.2) is 9.59 Å². The molecule has 0 fully saturated rings. The number of carbonyl (C=O) groups excluding carboxylic acids is 2. The summed E-state index contributed by atoms with van der Waals surface area (Å²) < 4.78 is 15.9. The summed E-state index contributed by atoms with van der Waals surface area (Å²) in [5.74, 6) is 0.547. The fraction of sp³-hybridized carbons (Fsp3) is 0.526. The van der Waals surface area contributed by atoms with Crippen LogP contribution in [0.4, 0.5) is 15.3 Å². The molecule has 1 aromatic carbocycles. The largest absolute Gasteiger partial charge is 0.492 e. The summed E-state index contributed by atoms with van der Waals surface area (Å²) in [5.41, 5.74) is 4.85. The van der Waals surface area contributed by atoms with Crippen molar-refractivity contribution >= 4 is 23.8 Å². The number of nitrogens with one attached hydrogen (secondary N) is 2. The van der Waals surface area contributed by atoms with Gasteiger partial charge in [0.15, 0.2) is 0 Å². The molecule has 0 saturated heterocycles. The number of hydrogen-bond donors (Lipinski definition) is 3. The first-order valence-corrected chi connectivity index (χ1v) is 8.88. The van der Waals surface area contributed by atoms with Gasteiger partial charge in [0.25, 0.3) is 0 Å². The molecule has 156 valence electrons. The lowest BCUT2D eigenvalue weighted by Crippen LogP contribution is -2.45. The van der Waals surface area contributed by atoms with Crippen LogP contribution in [-0.2, 0) is 9.47 Å². The van der Waals surface area contributed by atoms with Crippen molar-refractivity contribution in [3.8, 4) is 5.75 Å². The van der Waals surface area contributed by atoms with Crippen LogP contribution in [0.5, 0.6) is 5.75 Å². The zero-order valence-corrected chi connectivity index (χ0v) is 17.3. The number of anilines is 1. The van der Waals surface area contributed by atoms with Gasteiger partial charge < -0.3 is 25.3 Å². The molecule has 28 heavy (non-hydrogen) atoms. The van der Waals surface area contributed by atoms with E-state index in [1.807, 2.05) is 0 Å². The molecule has 0 aliphatic carbocycles. The van der Waals surface area contributed by atoms with E-state index in [-0.39, 0.29) is 19.1 Å². The van der Waals surface area contributed by atoms with Gasteiger partial charge in [0.1, 0.15) is 23.6 Å². The Labute approximate surface area is 165 Å². The molecule has 0 heterocycles. The molecule has 0 radical (unpaired) electrons. The topological polar surface area (TPSA) is 124 Å². The lowest BCUT2D eigenvalue weighted by atomic mass is 10.2. The minimum absolute atomic E-state index is 0.0931. The molecule has 0 saturated carbocycles. The molecule has 0 spiro atoms. The molecule has 4 N–H and O–H groups in total. The van der Waals surface area contributed by atoms with Crippen molar-refractivity contribution in [3.05, 3.63) is 24.3 Å². The van der Waals surface area contributed by atoms with Gasteiger partial charge in [0.2, 0.25) is 5.96 Å². The van der Waals surface area contributed by atoms with Gasteiger partial charge in [0, 0.05) is 5.69 Å². The summed E-state index contributed by atoms with van der Waals surface area (Å²) in [5, 5.41) is 5.22.